The standard InChI is InChI=1S/C15H17N3O4.ClH/c19-13(20)4-2-1-3-7-16-14-11-6-5-10(15(21)22)8-12(11)17-9-18-14;/h5-6,8-9H,1-4,7H2,(H,19,20)(H,21,22)(H,16,17,18);1H. The predicted octanol–water partition coefficient (Wildman–Crippen LogP) is 2.81. The van der Waals surface area contributed by atoms with Crippen LogP contribution in [0.25, 0.3) is 10.9 Å². The Morgan fingerprint density at radius 2 is 1.87 bits per heavy atom. The normalized spacial score (nSPS) is 10.1. The zero-order valence-electron chi connectivity index (χ0n) is 12.4. The number of aromatic nitrogens is 2. The number of aliphatic carboxylic acids is 1. The van der Waals surface area contributed by atoms with Gasteiger partial charge in [-0.3, -0.25) is 4.79 Å². The van der Waals surface area contributed by atoms with Crippen molar-refractivity contribution in [1.29, 1.82) is 0 Å². The molecule has 1 heterocycles. The number of hydrogen-bond donors (Lipinski definition) is 3. The first kappa shape index (κ1) is 18.6. The molecule has 2 rings (SSSR count). The van der Waals surface area contributed by atoms with Crippen molar-refractivity contribution in [3.8, 4) is 0 Å². The van der Waals surface area contributed by atoms with Gasteiger partial charge < -0.3 is 15.5 Å². The van der Waals surface area contributed by atoms with Crippen LogP contribution in [0.2, 0.25) is 0 Å². The Morgan fingerprint density at radius 1 is 1.09 bits per heavy atom. The molecule has 0 spiro atoms. The van der Waals surface area contributed by atoms with Crippen LogP contribution < -0.4 is 5.32 Å². The summed E-state index contributed by atoms with van der Waals surface area (Å²) in [7, 11) is 0. The summed E-state index contributed by atoms with van der Waals surface area (Å²) >= 11 is 0. The monoisotopic (exact) mass is 339 g/mol. The summed E-state index contributed by atoms with van der Waals surface area (Å²) in [5.74, 6) is -1.11. The first-order valence-corrected chi connectivity index (χ1v) is 7.01. The second-order valence-electron chi connectivity index (χ2n) is 4.89. The van der Waals surface area contributed by atoms with Crippen molar-refractivity contribution in [1.82, 2.24) is 9.97 Å². The highest BCUT2D eigenvalue weighted by atomic mass is 35.5. The topological polar surface area (TPSA) is 112 Å². The Bertz CT molecular complexity index is 693. The van der Waals surface area contributed by atoms with Crippen LogP contribution in [-0.4, -0.2) is 38.7 Å². The van der Waals surface area contributed by atoms with Crippen LogP contribution in [0.1, 0.15) is 36.0 Å². The summed E-state index contributed by atoms with van der Waals surface area (Å²) in [4.78, 5) is 29.6. The van der Waals surface area contributed by atoms with E-state index >= 15 is 0 Å². The maximum Gasteiger partial charge on any atom is 0.335 e. The highest BCUT2D eigenvalue weighted by Gasteiger charge is 2.07. The number of benzene rings is 1. The molecule has 0 aliphatic carbocycles. The van der Waals surface area contributed by atoms with Crippen molar-refractivity contribution in [2.75, 3.05) is 11.9 Å². The summed E-state index contributed by atoms with van der Waals surface area (Å²) in [6, 6.07) is 4.72. The molecule has 8 heteroatoms. The Kier molecular flexibility index (Phi) is 7.21. The molecular formula is C15H18ClN3O4. The van der Waals surface area contributed by atoms with E-state index in [1.807, 2.05) is 0 Å². The maximum atomic E-state index is 10.9. The minimum absolute atomic E-state index is 0. The predicted molar refractivity (Wildman–Crippen MR) is 88.3 cm³/mol. The van der Waals surface area contributed by atoms with E-state index in [2.05, 4.69) is 15.3 Å². The first-order valence-electron chi connectivity index (χ1n) is 7.01. The van der Waals surface area contributed by atoms with Gasteiger partial charge in [0.25, 0.3) is 0 Å². The third-order valence-electron chi connectivity index (χ3n) is 3.24. The highest BCUT2D eigenvalue weighted by Crippen LogP contribution is 2.20. The number of nitrogens with zero attached hydrogens (tertiary/aromatic N) is 2. The lowest BCUT2D eigenvalue weighted by molar-refractivity contribution is -0.137. The minimum Gasteiger partial charge on any atom is -0.481 e. The number of carboxylic acids is 2. The summed E-state index contributed by atoms with van der Waals surface area (Å²) < 4.78 is 0. The second kappa shape index (κ2) is 8.89. The van der Waals surface area contributed by atoms with Crippen molar-refractivity contribution >= 4 is 41.1 Å². The van der Waals surface area contributed by atoms with Gasteiger partial charge in [-0.15, -0.1) is 12.4 Å². The molecule has 0 radical (unpaired) electrons. The van der Waals surface area contributed by atoms with E-state index in [0.29, 0.717) is 24.3 Å². The number of carboxylic acid groups (broad SMARTS) is 2. The van der Waals surface area contributed by atoms with Gasteiger partial charge in [-0.2, -0.15) is 0 Å². The molecule has 23 heavy (non-hydrogen) atoms. The quantitative estimate of drug-likeness (QED) is 0.634. The van der Waals surface area contributed by atoms with E-state index in [-0.39, 0.29) is 24.4 Å². The molecule has 0 saturated carbocycles. The molecular weight excluding hydrogens is 322 g/mol. The Morgan fingerprint density at radius 3 is 2.57 bits per heavy atom. The van der Waals surface area contributed by atoms with E-state index in [4.69, 9.17) is 10.2 Å². The van der Waals surface area contributed by atoms with Gasteiger partial charge in [0, 0.05) is 18.4 Å². The maximum absolute atomic E-state index is 10.9. The summed E-state index contributed by atoms with van der Waals surface area (Å²) in [5, 5.41) is 21.5. The lowest BCUT2D eigenvalue weighted by Crippen LogP contribution is -2.05. The van der Waals surface area contributed by atoms with Crippen molar-refractivity contribution in [2.24, 2.45) is 0 Å². The van der Waals surface area contributed by atoms with Crippen molar-refractivity contribution in [2.45, 2.75) is 25.7 Å². The van der Waals surface area contributed by atoms with Gasteiger partial charge in [0.15, 0.2) is 0 Å². The number of carbonyl (C=O) groups is 2. The molecule has 2 aromatic rings. The molecule has 0 aliphatic heterocycles. The summed E-state index contributed by atoms with van der Waals surface area (Å²) in [5.41, 5.74) is 0.758. The molecule has 1 aromatic heterocycles. The van der Waals surface area contributed by atoms with Gasteiger partial charge in [0.05, 0.1) is 11.1 Å². The average molecular weight is 340 g/mol. The van der Waals surface area contributed by atoms with Crippen LogP contribution in [0.15, 0.2) is 24.5 Å². The third kappa shape index (κ3) is 5.37. The fourth-order valence-corrected chi connectivity index (χ4v) is 2.12. The van der Waals surface area contributed by atoms with Crippen LogP contribution in [0.5, 0.6) is 0 Å². The number of anilines is 1. The number of halogens is 1. The fourth-order valence-electron chi connectivity index (χ4n) is 2.12. The zero-order valence-corrected chi connectivity index (χ0v) is 13.2. The van der Waals surface area contributed by atoms with Gasteiger partial charge in [0.2, 0.25) is 0 Å². The minimum atomic E-state index is -0.992. The smallest absolute Gasteiger partial charge is 0.335 e. The molecule has 0 aliphatic rings. The van der Waals surface area contributed by atoms with Gasteiger partial charge >= 0.3 is 11.9 Å². The summed E-state index contributed by atoms with van der Waals surface area (Å²) in [6.07, 6.45) is 3.90. The van der Waals surface area contributed by atoms with Crippen molar-refractivity contribution in [3.63, 3.8) is 0 Å². The molecule has 124 valence electrons. The molecule has 0 fully saturated rings. The van der Waals surface area contributed by atoms with Gasteiger partial charge in [-0.1, -0.05) is 6.42 Å². The Hall–Kier alpha value is -2.41. The SMILES string of the molecule is Cl.O=C(O)CCCCCNc1ncnc2cc(C(=O)O)ccc12. The molecule has 7 nitrogen and oxygen atoms in total. The van der Waals surface area contributed by atoms with Crippen molar-refractivity contribution in [3.05, 3.63) is 30.1 Å². The lowest BCUT2D eigenvalue weighted by atomic mass is 10.1. The lowest BCUT2D eigenvalue weighted by Gasteiger charge is -2.08. The van der Waals surface area contributed by atoms with Gasteiger partial charge in [-0.05, 0) is 31.0 Å². The zero-order chi connectivity index (χ0) is 15.9. The van der Waals surface area contributed by atoms with Gasteiger partial charge in [0.1, 0.15) is 12.1 Å². The molecule has 0 atom stereocenters. The average Bonchev–Trinajstić information content (AvgIpc) is 2.49. The third-order valence-corrected chi connectivity index (χ3v) is 3.24. The molecule has 0 bridgehead atoms. The first-order chi connectivity index (χ1) is 10.6. The number of nitrogens with one attached hydrogen (secondary N) is 1. The number of fused-ring (bicyclic) bond motifs is 1. The Labute approximate surface area is 139 Å². The largest absolute Gasteiger partial charge is 0.481 e. The van der Waals surface area contributed by atoms with Crippen LogP contribution in [0.4, 0.5) is 5.82 Å². The van der Waals surface area contributed by atoms with Crippen LogP contribution in [0, 0.1) is 0 Å². The van der Waals surface area contributed by atoms with Crippen LogP contribution in [0.3, 0.4) is 0 Å². The fraction of sp³-hybridized carbons (Fsp3) is 0.333. The molecule has 0 saturated heterocycles. The molecule has 3 N–H and O–H groups in total. The number of hydrogen-bond acceptors (Lipinski definition) is 5. The van der Waals surface area contributed by atoms with Gasteiger partial charge in [-0.25, -0.2) is 14.8 Å². The molecule has 1 aromatic carbocycles. The second-order valence-corrected chi connectivity index (χ2v) is 4.89. The van der Waals surface area contributed by atoms with E-state index in [9.17, 15) is 9.59 Å². The van der Waals surface area contributed by atoms with E-state index in [1.165, 1.54) is 18.5 Å². The Balaban J connectivity index is 0.00000264. The van der Waals surface area contributed by atoms with E-state index < -0.39 is 11.9 Å². The summed E-state index contributed by atoms with van der Waals surface area (Å²) in [6.45, 7) is 0.673. The molecule has 0 unspecified atom stereocenters. The highest BCUT2D eigenvalue weighted by molar-refractivity contribution is 5.96. The van der Waals surface area contributed by atoms with Crippen LogP contribution in [-0.2, 0) is 4.79 Å². The number of rotatable bonds is 8. The number of aromatic carboxylic acids is 1. The molecule has 0 amide bonds. The number of unbranched alkanes of at least 4 members (excludes halogenated alkanes) is 2. The van der Waals surface area contributed by atoms with E-state index in [1.54, 1.807) is 6.07 Å². The van der Waals surface area contributed by atoms with E-state index in [0.717, 1.165) is 18.2 Å². The van der Waals surface area contributed by atoms with Crippen LogP contribution >= 0.6 is 12.4 Å². The van der Waals surface area contributed by atoms with Crippen molar-refractivity contribution < 1.29 is 19.8 Å².